The van der Waals surface area contributed by atoms with Crippen LogP contribution in [0.1, 0.15) is 54.0 Å². The van der Waals surface area contributed by atoms with Gasteiger partial charge >= 0.3 is 0 Å². The summed E-state index contributed by atoms with van der Waals surface area (Å²) in [6.45, 7) is 15.4. The van der Waals surface area contributed by atoms with E-state index in [-0.39, 0.29) is 4.70 Å². The van der Waals surface area contributed by atoms with Crippen molar-refractivity contribution in [2.24, 2.45) is 5.41 Å². The first-order valence-electron chi connectivity index (χ1n) is 5.66. The first kappa shape index (κ1) is 17.5. The third kappa shape index (κ3) is 11.2. The molecule has 0 atom stereocenters. The second kappa shape index (κ2) is 6.67. The summed E-state index contributed by atoms with van der Waals surface area (Å²) in [6.07, 6.45) is 0. The third-order valence-electron chi connectivity index (χ3n) is 1.64. The molecule has 0 radical (unpaired) electrons. The molecule has 0 heterocycles. The second-order valence-electron chi connectivity index (χ2n) is 6.62. The summed E-state index contributed by atoms with van der Waals surface area (Å²) in [5.41, 5.74) is 2.19. The zero-order valence-electron chi connectivity index (χ0n) is 11.8. The van der Waals surface area contributed by atoms with Crippen molar-refractivity contribution in [3.63, 3.8) is 0 Å². The van der Waals surface area contributed by atoms with Gasteiger partial charge in [-0.05, 0) is 16.4 Å². The van der Waals surface area contributed by atoms with Gasteiger partial charge in [-0.2, -0.15) is 0 Å². The first-order valence-corrected chi connectivity index (χ1v) is 5.66. The Labute approximate surface area is 100 Å². The van der Waals surface area contributed by atoms with Gasteiger partial charge in [0.15, 0.2) is 0 Å². The van der Waals surface area contributed by atoms with Gasteiger partial charge in [-0.15, -0.1) is 0 Å². The molecule has 0 fully saturated rings. The summed E-state index contributed by atoms with van der Waals surface area (Å²) in [5.74, 6) is 0. The fourth-order valence-corrected chi connectivity index (χ4v) is 0.938. The second-order valence-corrected chi connectivity index (χ2v) is 6.62. The predicted molar refractivity (Wildman–Crippen MR) is 72.8 cm³/mol. The van der Waals surface area contributed by atoms with Gasteiger partial charge in [0.1, 0.15) is 0 Å². The van der Waals surface area contributed by atoms with Crippen LogP contribution in [0.3, 0.4) is 0 Å². The number of benzene rings is 1. The molecule has 1 aromatic rings. The Morgan fingerprint density at radius 2 is 1.00 bits per heavy atom. The summed E-state index contributed by atoms with van der Waals surface area (Å²) in [4.78, 5) is 0. The molecule has 0 unspecified atom stereocenters. The van der Waals surface area contributed by atoms with Crippen LogP contribution in [0.2, 0.25) is 0 Å². The Morgan fingerprint density at radius 3 is 1.19 bits per heavy atom. The smallest absolute Gasteiger partial charge is 0.0132 e. The van der Waals surface area contributed by atoms with Crippen molar-refractivity contribution >= 4 is 0 Å². The number of halogens is 1. The fourth-order valence-electron chi connectivity index (χ4n) is 0.938. The molecule has 1 rings (SSSR count). The Morgan fingerprint density at radius 1 is 0.688 bits per heavy atom. The molecule has 0 saturated heterocycles. The highest BCUT2D eigenvalue weighted by atomic mass is 19.0. The Hall–Kier alpha value is -0.850. The molecule has 0 aliphatic rings. The largest absolute Gasteiger partial charge is 0.269 e. The Kier molecular flexibility index (Phi) is 7.32. The van der Waals surface area contributed by atoms with Gasteiger partial charge in [0.2, 0.25) is 0 Å². The molecular formula is C15H27F. The summed E-state index contributed by atoms with van der Waals surface area (Å²) < 4.78 is 0. The van der Waals surface area contributed by atoms with E-state index in [9.17, 15) is 0 Å². The van der Waals surface area contributed by atoms with E-state index in [1.165, 1.54) is 5.56 Å². The summed E-state index contributed by atoms with van der Waals surface area (Å²) in [6, 6.07) is 10.6. The minimum Gasteiger partial charge on any atom is -0.269 e. The van der Waals surface area contributed by atoms with Crippen LogP contribution in [0.5, 0.6) is 0 Å². The molecule has 0 amide bonds. The van der Waals surface area contributed by atoms with E-state index in [0.717, 1.165) is 0 Å². The van der Waals surface area contributed by atoms with Crippen molar-refractivity contribution in [1.82, 2.24) is 0 Å². The summed E-state index contributed by atoms with van der Waals surface area (Å²) in [5, 5.41) is 0. The molecule has 0 nitrogen and oxygen atoms in total. The van der Waals surface area contributed by atoms with Gasteiger partial charge < -0.3 is 0 Å². The Balaban J connectivity index is 0. The molecule has 0 aliphatic heterocycles. The van der Waals surface area contributed by atoms with Gasteiger partial charge in [-0.25, -0.2) is 0 Å². The molecule has 0 bridgehead atoms. The SMILES string of the molecule is CC(C)(C)C.CC(C)(C)c1ccccc1.F. The lowest BCUT2D eigenvalue weighted by molar-refractivity contribution is 0.469. The van der Waals surface area contributed by atoms with Gasteiger partial charge in [0.05, 0.1) is 0 Å². The summed E-state index contributed by atoms with van der Waals surface area (Å²) >= 11 is 0. The lowest BCUT2D eigenvalue weighted by Crippen LogP contribution is -2.10. The van der Waals surface area contributed by atoms with Crippen molar-refractivity contribution in [2.75, 3.05) is 0 Å². The average Bonchev–Trinajstić information content (AvgIpc) is 2.01. The molecule has 0 aliphatic carbocycles. The normalized spacial score (nSPS) is 10.9. The van der Waals surface area contributed by atoms with Crippen molar-refractivity contribution in [2.45, 2.75) is 53.9 Å². The predicted octanol–water partition coefficient (Wildman–Crippen LogP) is 5.19. The average molecular weight is 226 g/mol. The van der Waals surface area contributed by atoms with Crippen molar-refractivity contribution in [3.05, 3.63) is 35.9 Å². The quantitative estimate of drug-likeness (QED) is 0.571. The molecule has 0 saturated carbocycles. The maximum Gasteiger partial charge on any atom is -0.0132 e. The van der Waals surface area contributed by atoms with Gasteiger partial charge in [-0.1, -0.05) is 78.8 Å². The minimum absolute atomic E-state index is 0. The highest BCUT2D eigenvalue weighted by molar-refractivity contribution is 5.21. The molecular weight excluding hydrogens is 199 g/mol. The zero-order valence-corrected chi connectivity index (χ0v) is 11.8. The molecule has 0 N–H and O–H groups in total. The van der Waals surface area contributed by atoms with E-state index in [0.29, 0.717) is 10.8 Å². The van der Waals surface area contributed by atoms with Crippen molar-refractivity contribution in [1.29, 1.82) is 0 Å². The van der Waals surface area contributed by atoms with E-state index < -0.39 is 0 Å². The van der Waals surface area contributed by atoms with Crippen LogP contribution in [0.15, 0.2) is 30.3 Å². The van der Waals surface area contributed by atoms with Crippen LogP contribution >= 0.6 is 0 Å². The lowest BCUT2D eigenvalue weighted by Gasteiger charge is -2.18. The number of hydrogen-bond donors (Lipinski definition) is 0. The van der Waals surface area contributed by atoms with Crippen LogP contribution in [0, 0.1) is 5.41 Å². The Bertz CT molecular complexity index is 256. The van der Waals surface area contributed by atoms with Crippen LogP contribution in [0.25, 0.3) is 0 Å². The van der Waals surface area contributed by atoms with Crippen LogP contribution in [-0.2, 0) is 5.41 Å². The van der Waals surface area contributed by atoms with E-state index in [2.05, 4.69) is 78.8 Å². The van der Waals surface area contributed by atoms with Crippen molar-refractivity contribution < 1.29 is 4.70 Å². The van der Waals surface area contributed by atoms with E-state index in [1.54, 1.807) is 0 Å². The van der Waals surface area contributed by atoms with Crippen LogP contribution in [0.4, 0.5) is 4.70 Å². The van der Waals surface area contributed by atoms with Crippen molar-refractivity contribution in [3.8, 4) is 0 Å². The minimum atomic E-state index is 0. The number of hydrogen-bond acceptors (Lipinski definition) is 0. The molecule has 1 heteroatoms. The van der Waals surface area contributed by atoms with Gasteiger partial charge in [-0.3, -0.25) is 4.70 Å². The topological polar surface area (TPSA) is 0 Å². The highest BCUT2D eigenvalue weighted by Crippen LogP contribution is 2.20. The fraction of sp³-hybridized carbons (Fsp3) is 0.600. The molecule has 16 heavy (non-hydrogen) atoms. The highest BCUT2D eigenvalue weighted by Gasteiger charge is 2.11. The van der Waals surface area contributed by atoms with E-state index in [4.69, 9.17) is 0 Å². The zero-order chi connectivity index (χ0) is 12.1. The molecule has 0 spiro atoms. The maximum atomic E-state index is 2.22. The first-order chi connectivity index (χ1) is 6.61. The molecule has 1 aromatic carbocycles. The summed E-state index contributed by atoms with van der Waals surface area (Å²) in [7, 11) is 0. The van der Waals surface area contributed by atoms with Gasteiger partial charge in [0.25, 0.3) is 0 Å². The molecule has 0 aromatic heterocycles. The number of rotatable bonds is 0. The monoisotopic (exact) mass is 226 g/mol. The molecule has 94 valence electrons. The third-order valence-corrected chi connectivity index (χ3v) is 1.64. The van der Waals surface area contributed by atoms with Crippen LogP contribution in [-0.4, -0.2) is 0 Å². The lowest BCUT2D eigenvalue weighted by atomic mass is 9.87. The van der Waals surface area contributed by atoms with E-state index >= 15 is 0 Å². The van der Waals surface area contributed by atoms with Gasteiger partial charge in [0, 0.05) is 0 Å². The standard InChI is InChI=1S/C10H14.C5H12.FH/c1-10(2,3)9-7-5-4-6-8-9;1-5(2,3)4;/h4-8H,1-3H3;1-4H3;1H. The maximum absolute atomic E-state index is 2.22. The van der Waals surface area contributed by atoms with Crippen LogP contribution < -0.4 is 0 Å². The van der Waals surface area contributed by atoms with E-state index in [1.807, 2.05) is 0 Å².